The summed E-state index contributed by atoms with van der Waals surface area (Å²) in [5, 5.41) is 7.17. The van der Waals surface area contributed by atoms with Crippen LogP contribution in [0.1, 0.15) is 12.6 Å². The molecule has 0 radical (unpaired) electrons. The molecule has 0 spiro atoms. The first-order valence-electron chi connectivity index (χ1n) is 4.50. The van der Waals surface area contributed by atoms with Gasteiger partial charge in [-0.1, -0.05) is 0 Å². The van der Waals surface area contributed by atoms with E-state index in [-0.39, 0.29) is 0 Å². The topological polar surface area (TPSA) is 56.7 Å². The molecule has 0 saturated carbocycles. The zero-order chi connectivity index (χ0) is 9.97. The maximum Gasteiger partial charge on any atom is 0.126 e. The van der Waals surface area contributed by atoms with Gasteiger partial charge in [0.15, 0.2) is 0 Å². The highest BCUT2D eigenvalue weighted by atomic mass is 32.1. The zero-order valence-corrected chi connectivity index (χ0v) is 8.79. The van der Waals surface area contributed by atoms with Gasteiger partial charge in [0.2, 0.25) is 0 Å². The summed E-state index contributed by atoms with van der Waals surface area (Å²) in [6.45, 7) is 3.44. The maximum atomic E-state index is 5.50. The second kappa shape index (κ2) is 3.89. The predicted octanol–water partition coefficient (Wildman–Crippen LogP) is 1.49. The Kier molecular flexibility index (Phi) is 2.60. The lowest BCUT2D eigenvalue weighted by molar-refractivity contribution is 0.660. The van der Waals surface area contributed by atoms with Gasteiger partial charge in [-0.3, -0.25) is 4.68 Å². The summed E-state index contributed by atoms with van der Waals surface area (Å²) in [5.41, 5.74) is 7.50. The Morgan fingerprint density at radius 2 is 2.43 bits per heavy atom. The molecule has 0 unspecified atom stereocenters. The molecule has 2 rings (SSSR count). The highest BCUT2D eigenvalue weighted by Gasteiger charge is 2.05. The number of aromatic nitrogens is 3. The van der Waals surface area contributed by atoms with Gasteiger partial charge < -0.3 is 5.73 Å². The van der Waals surface area contributed by atoms with Crippen molar-refractivity contribution in [3.63, 3.8) is 0 Å². The Morgan fingerprint density at radius 1 is 1.57 bits per heavy atom. The second-order valence-electron chi connectivity index (χ2n) is 2.93. The minimum Gasteiger partial charge on any atom is -0.325 e. The van der Waals surface area contributed by atoms with Crippen LogP contribution in [-0.4, -0.2) is 14.8 Å². The molecule has 0 aliphatic heterocycles. The lowest BCUT2D eigenvalue weighted by atomic mass is 10.4. The van der Waals surface area contributed by atoms with Crippen molar-refractivity contribution in [1.29, 1.82) is 0 Å². The Labute approximate surface area is 86.4 Å². The van der Waals surface area contributed by atoms with Gasteiger partial charge in [0.05, 0.1) is 11.9 Å². The second-order valence-corrected chi connectivity index (χ2v) is 3.79. The minimum atomic E-state index is 0.498. The van der Waals surface area contributed by atoms with E-state index >= 15 is 0 Å². The van der Waals surface area contributed by atoms with E-state index in [1.807, 2.05) is 22.5 Å². The first kappa shape index (κ1) is 9.36. The van der Waals surface area contributed by atoms with Crippen LogP contribution >= 0.6 is 11.3 Å². The summed E-state index contributed by atoms with van der Waals surface area (Å²) in [7, 11) is 0. The van der Waals surface area contributed by atoms with Gasteiger partial charge in [-0.15, -0.1) is 11.3 Å². The minimum absolute atomic E-state index is 0.498. The van der Waals surface area contributed by atoms with Crippen molar-refractivity contribution in [3.05, 3.63) is 23.5 Å². The zero-order valence-electron chi connectivity index (χ0n) is 7.97. The van der Waals surface area contributed by atoms with Gasteiger partial charge in [0.25, 0.3) is 0 Å². The summed E-state index contributed by atoms with van der Waals surface area (Å²) < 4.78 is 1.89. The highest BCUT2D eigenvalue weighted by Crippen LogP contribution is 2.22. The van der Waals surface area contributed by atoms with Gasteiger partial charge in [0, 0.05) is 30.2 Å². The van der Waals surface area contributed by atoms with E-state index in [2.05, 4.69) is 17.0 Å². The quantitative estimate of drug-likeness (QED) is 0.831. The standard InChI is InChI=1S/C9H12N4S/c1-2-13-5-7(4-11-13)9-12-8(3-10)6-14-9/h4-6H,2-3,10H2,1H3. The fraction of sp³-hybridized carbons (Fsp3) is 0.333. The van der Waals surface area contributed by atoms with Crippen molar-refractivity contribution >= 4 is 11.3 Å². The van der Waals surface area contributed by atoms with Crippen molar-refractivity contribution in [3.8, 4) is 10.6 Å². The van der Waals surface area contributed by atoms with Gasteiger partial charge in [-0.2, -0.15) is 5.10 Å². The molecule has 2 aromatic rings. The Bertz CT molecular complexity index is 378. The van der Waals surface area contributed by atoms with Crippen LogP contribution in [0.25, 0.3) is 10.6 Å². The Morgan fingerprint density at radius 3 is 3.00 bits per heavy atom. The fourth-order valence-corrected chi connectivity index (χ4v) is 1.99. The smallest absolute Gasteiger partial charge is 0.126 e. The molecule has 2 N–H and O–H groups in total. The Hall–Kier alpha value is -1.20. The van der Waals surface area contributed by atoms with Crippen molar-refractivity contribution in [2.75, 3.05) is 0 Å². The van der Waals surface area contributed by atoms with Crippen LogP contribution < -0.4 is 5.73 Å². The average Bonchev–Trinajstić information content (AvgIpc) is 2.86. The molecular weight excluding hydrogens is 196 g/mol. The molecule has 0 amide bonds. The van der Waals surface area contributed by atoms with E-state index in [9.17, 15) is 0 Å². The first-order valence-corrected chi connectivity index (χ1v) is 5.38. The van der Waals surface area contributed by atoms with E-state index in [1.165, 1.54) is 0 Å². The molecule has 14 heavy (non-hydrogen) atoms. The van der Waals surface area contributed by atoms with E-state index in [0.717, 1.165) is 22.8 Å². The van der Waals surface area contributed by atoms with Crippen molar-refractivity contribution in [1.82, 2.24) is 14.8 Å². The van der Waals surface area contributed by atoms with Crippen molar-refractivity contribution < 1.29 is 0 Å². The van der Waals surface area contributed by atoms with E-state index < -0.39 is 0 Å². The molecule has 0 aliphatic carbocycles. The number of aryl methyl sites for hydroxylation is 1. The van der Waals surface area contributed by atoms with Crippen molar-refractivity contribution in [2.45, 2.75) is 20.0 Å². The van der Waals surface area contributed by atoms with Gasteiger partial charge in [-0.05, 0) is 6.92 Å². The maximum absolute atomic E-state index is 5.50. The van der Waals surface area contributed by atoms with Crippen molar-refractivity contribution in [2.24, 2.45) is 5.73 Å². The molecule has 0 bridgehead atoms. The molecule has 0 aliphatic rings. The summed E-state index contributed by atoms with van der Waals surface area (Å²) in [6, 6.07) is 0. The van der Waals surface area contributed by atoms with Crippen LogP contribution in [0, 0.1) is 0 Å². The van der Waals surface area contributed by atoms with E-state index in [1.54, 1.807) is 11.3 Å². The Balaban J connectivity index is 2.29. The monoisotopic (exact) mass is 208 g/mol. The molecule has 2 aromatic heterocycles. The van der Waals surface area contributed by atoms with E-state index in [0.29, 0.717) is 6.54 Å². The van der Waals surface area contributed by atoms with Gasteiger partial charge in [-0.25, -0.2) is 4.98 Å². The van der Waals surface area contributed by atoms with Gasteiger partial charge in [0.1, 0.15) is 5.01 Å². The third-order valence-corrected chi connectivity index (χ3v) is 2.91. The third kappa shape index (κ3) is 1.69. The van der Waals surface area contributed by atoms with Gasteiger partial charge >= 0.3 is 0 Å². The molecular formula is C9H12N4S. The van der Waals surface area contributed by atoms with Crippen LogP contribution in [0.3, 0.4) is 0 Å². The van der Waals surface area contributed by atoms with Crippen LogP contribution in [0.15, 0.2) is 17.8 Å². The summed E-state index contributed by atoms with van der Waals surface area (Å²) in [6.07, 6.45) is 3.84. The molecule has 74 valence electrons. The van der Waals surface area contributed by atoms with Crippen LogP contribution in [-0.2, 0) is 13.1 Å². The lowest BCUT2D eigenvalue weighted by Gasteiger charge is -1.90. The molecule has 0 aromatic carbocycles. The molecule has 0 atom stereocenters. The molecule has 0 saturated heterocycles. The predicted molar refractivity (Wildman–Crippen MR) is 56.9 cm³/mol. The van der Waals surface area contributed by atoms with Crippen LogP contribution in [0.2, 0.25) is 0 Å². The fourth-order valence-electron chi connectivity index (χ4n) is 1.18. The number of nitrogens with zero attached hydrogens (tertiary/aromatic N) is 3. The summed E-state index contributed by atoms with van der Waals surface area (Å²) in [4.78, 5) is 4.39. The molecule has 4 nitrogen and oxygen atoms in total. The summed E-state index contributed by atoms with van der Waals surface area (Å²) in [5.74, 6) is 0. The molecule has 0 fully saturated rings. The number of nitrogens with two attached hydrogens (primary N) is 1. The lowest BCUT2D eigenvalue weighted by Crippen LogP contribution is -1.95. The molecule has 2 heterocycles. The number of thiazole rings is 1. The number of rotatable bonds is 3. The normalized spacial score (nSPS) is 10.7. The SMILES string of the molecule is CCn1cc(-c2nc(CN)cs2)cn1. The highest BCUT2D eigenvalue weighted by molar-refractivity contribution is 7.13. The average molecular weight is 208 g/mol. The largest absolute Gasteiger partial charge is 0.325 e. The van der Waals surface area contributed by atoms with Crippen LogP contribution in [0.4, 0.5) is 0 Å². The summed E-state index contributed by atoms with van der Waals surface area (Å²) >= 11 is 1.61. The van der Waals surface area contributed by atoms with E-state index in [4.69, 9.17) is 5.73 Å². The first-order chi connectivity index (χ1) is 6.83. The number of hydrogen-bond acceptors (Lipinski definition) is 4. The third-order valence-electron chi connectivity index (χ3n) is 1.97. The van der Waals surface area contributed by atoms with Crippen LogP contribution in [0.5, 0.6) is 0 Å². The molecule has 5 heteroatoms. The number of hydrogen-bond donors (Lipinski definition) is 1.